The van der Waals surface area contributed by atoms with Crippen LogP contribution in [0.15, 0.2) is 48.5 Å². The summed E-state index contributed by atoms with van der Waals surface area (Å²) < 4.78 is 10.3. The number of hydroxylamine groups is 1. The van der Waals surface area contributed by atoms with Crippen molar-refractivity contribution in [3.05, 3.63) is 59.7 Å². The lowest BCUT2D eigenvalue weighted by atomic mass is 9.98. The van der Waals surface area contributed by atoms with Gasteiger partial charge in [-0.15, -0.1) is 0 Å². The second-order valence-corrected chi connectivity index (χ2v) is 8.54. The smallest absolute Gasteiger partial charge is 0.407 e. The van der Waals surface area contributed by atoms with Crippen molar-refractivity contribution in [1.82, 2.24) is 10.8 Å². The predicted octanol–water partition coefficient (Wildman–Crippen LogP) is 2.84. The number of rotatable bonds is 11. The average molecular weight is 469 g/mol. The van der Waals surface area contributed by atoms with Crippen LogP contribution in [0.5, 0.6) is 0 Å². The molecular weight excluding hydrogens is 440 g/mol. The van der Waals surface area contributed by atoms with E-state index in [2.05, 4.69) is 22.9 Å². The SMILES string of the molecule is COCC(ONC(=O)CC(NC(=O)OCC1c2ccccc2-c2ccccc21)C1CC1)C(=O)O. The minimum Gasteiger partial charge on any atom is -0.479 e. The number of methoxy groups -OCH3 is 1. The van der Waals surface area contributed by atoms with Gasteiger partial charge in [0.25, 0.3) is 0 Å². The third-order valence-corrected chi connectivity index (χ3v) is 6.15. The van der Waals surface area contributed by atoms with E-state index in [1.807, 2.05) is 36.4 Å². The molecule has 1 fully saturated rings. The van der Waals surface area contributed by atoms with Crippen LogP contribution < -0.4 is 10.8 Å². The maximum Gasteiger partial charge on any atom is 0.407 e. The number of carbonyl (C=O) groups excluding carboxylic acids is 2. The van der Waals surface area contributed by atoms with Crippen molar-refractivity contribution in [2.45, 2.75) is 37.3 Å². The fraction of sp³-hybridized carbons (Fsp3) is 0.400. The number of amides is 2. The zero-order valence-corrected chi connectivity index (χ0v) is 18.9. The van der Waals surface area contributed by atoms with Crippen molar-refractivity contribution in [2.75, 3.05) is 20.3 Å². The van der Waals surface area contributed by atoms with E-state index in [0.717, 1.165) is 35.1 Å². The molecule has 2 atom stereocenters. The Bertz CT molecular complexity index is 1010. The van der Waals surface area contributed by atoms with E-state index in [4.69, 9.17) is 19.4 Å². The van der Waals surface area contributed by atoms with Crippen molar-refractivity contribution in [3.63, 3.8) is 0 Å². The fourth-order valence-electron chi connectivity index (χ4n) is 4.31. The second kappa shape index (κ2) is 10.7. The first kappa shape index (κ1) is 23.7. The molecule has 2 aromatic carbocycles. The Morgan fingerprint density at radius 3 is 2.21 bits per heavy atom. The lowest BCUT2D eigenvalue weighted by molar-refractivity contribution is -0.165. The van der Waals surface area contributed by atoms with Gasteiger partial charge in [-0.3, -0.25) is 9.63 Å². The first-order valence-corrected chi connectivity index (χ1v) is 11.3. The molecule has 4 rings (SSSR count). The van der Waals surface area contributed by atoms with E-state index in [1.165, 1.54) is 7.11 Å². The molecule has 180 valence electrons. The van der Waals surface area contributed by atoms with Crippen LogP contribution in [0.25, 0.3) is 11.1 Å². The molecule has 0 aliphatic heterocycles. The molecule has 0 bridgehead atoms. The highest BCUT2D eigenvalue weighted by Crippen LogP contribution is 2.44. The summed E-state index contributed by atoms with van der Waals surface area (Å²) >= 11 is 0. The molecule has 9 heteroatoms. The first-order chi connectivity index (χ1) is 16.5. The van der Waals surface area contributed by atoms with Crippen LogP contribution in [0.2, 0.25) is 0 Å². The summed E-state index contributed by atoms with van der Waals surface area (Å²) in [4.78, 5) is 40.9. The molecule has 34 heavy (non-hydrogen) atoms. The van der Waals surface area contributed by atoms with Gasteiger partial charge in [0.1, 0.15) is 6.61 Å². The number of hydrogen-bond acceptors (Lipinski definition) is 6. The molecule has 0 heterocycles. The number of ether oxygens (including phenoxy) is 2. The fourth-order valence-corrected chi connectivity index (χ4v) is 4.31. The molecule has 2 unspecified atom stereocenters. The maximum absolute atomic E-state index is 12.6. The first-order valence-electron chi connectivity index (χ1n) is 11.3. The van der Waals surface area contributed by atoms with Gasteiger partial charge in [0, 0.05) is 25.5 Å². The van der Waals surface area contributed by atoms with Crippen LogP contribution in [-0.4, -0.2) is 55.5 Å². The molecule has 0 radical (unpaired) electrons. The van der Waals surface area contributed by atoms with Crippen LogP contribution in [0.3, 0.4) is 0 Å². The Labute approximate surface area is 197 Å². The van der Waals surface area contributed by atoms with Gasteiger partial charge in [0.15, 0.2) is 0 Å². The molecule has 0 aromatic heterocycles. The number of benzene rings is 2. The number of hydrogen-bond donors (Lipinski definition) is 3. The molecule has 9 nitrogen and oxygen atoms in total. The summed E-state index contributed by atoms with van der Waals surface area (Å²) in [6, 6.07) is 15.7. The topological polar surface area (TPSA) is 123 Å². The van der Waals surface area contributed by atoms with Crippen molar-refractivity contribution in [3.8, 4) is 11.1 Å². The Morgan fingerprint density at radius 2 is 1.65 bits per heavy atom. The molecule has 0 saturated heterocycles. The van der Waals surface area contributed by atoms with E-state index < -0.39 is 30.1 Å². The van der Waals surface area contributed by atoms with E-state index in [0.29, 0.717) is 0 Å². The Hall–Kier alpha value is -3.43. The molecule has 2 aliphatic rings. The van der Waals surface area contributed by atoms with Crippen LogP contribution in [-0.2, 0) is 23.9 Å². The maximum atomic E-state index is 12.6. The quantitative estimate of drug-likeness (QED) is 0.433. The summed E-state index contributed by atoms with van der Waals surface area (Å²) in [5, 5.41) is 11.9. The van der Waals surface area contributed by atoms with Gasteiger partial charge >= 0.3 is 12.1 Å². The highest BCUT2D eigenvalue weighted by atomic mass is 16.7. The lowest BCUT2D eigenvalue weighted by Gasteiger charge is -2.20. The molecular formula is C25H28N2O7. The van der Waals surface area contributed by atoms with Crippen LogP contribution in [0, 0.1) is 5.92 Å². The number of alkyl carbamates (subject to hydrolysis) is 1. The van der Waals surface area contributed by atoms with E-state index in [-0.39, 0.29) is 31.5 Å². The Balaban J connectivity index is 1.31. The number of carboxylic acids is 1. The van der Waals surface area contributed by atoms with E-state index >= 15 is 0 Å². The van der Waals surface area contributed by atoms with Gasteiger partial charge in [0.2, 0.25) is 12.0 Å². The molecule has 0 spiro atoms. The molecule has 2 aliphatic carbocycles. The Morgan fingerprint density at radius 1 is 1.03 bits per heavy atom. The van der Waals surface area contributed by atoms with Gasteiger partial charge in [-0.25, -0.2) is 15.1 Å². The van der Waals surface area contributed by atoms with Crippen molar-refractivity contribution in [1.29, 1.82) is 0 Å². The van der Waals surface area contributed by atoms with Crippen molar-refractivity contribution in [2.24, 2.45) is 5.92 Å². The minimum absolute atomic E-state index is 0.0474. The largest absolute Gasteiger partial charge is 0.479 e. The van der Waals surface area contributed by atoms with Crippen molar-refractivity contribution >= 4 is 18.0 Å². The molecule has 3 N–H and O–H groups in total. The number of carboxylic acid groups (broad SMARTS) is 1. The van der Waals surface area contributed by atoms with Gasteiger partial charge in [0.05, 0.1) is 6.61 Å². The van der Waals surface area contributed by atoms with Crippen LogP contribution in [0.1, 0.15) is 36.3 Å². The van der Waals surface area contributed by atoms with Crippen molar-refractivity contribution < 1.29 is 33.8 Å². The van der Waals surface area contributed by atoms with E-state index in [1.54, 1.807) is 0 Å². The summed E-state index contributed by atoms with van der Waals surface area (Å²) in [6.45, 7) is -0.0243. The predicted molar refractivity (Wildman–Crippen MR) is 122 cm³/mol. The number of aliphatic carboxylic acids is 1. The lowest BCUT2D eigenvalue weighted by Crippen LogP contribution is -2.43. The summed E-state index contributed by atoms with van der Waals surface area (Å²) in [7, 11) is 1.34. The van der Waals surface area contributed by atoms with Crippen LogP contribution in [0.4, 0.5) is 4.79 Å². The van der Waals surface area contributed by atoms with Gasteiger partial charge < -0.3 is 19.9 Å². The number of carbonyl (C=O) groups is 3. The highest BCUT2D eigenvalue weighted by Gasteiger charge is 2.35. The van der Waals surface area contributed by atoms with Crippen LogP contribution >= 0.6 is 0 Å². The summed E-state index contributed by atoms with van der Waals surface area (Å²) in [5.41, 5.74) is 6.68. The Kier molecular flexibility index (Phi) is 7.44. The monoisotopic (exact) mass is 468 g/mol. The normalized spacial score (nSPS) is 16.1. The van der Waals surface area contributed by atoms with Gasteiger partial charge in [-0.1, -0.05) is 48.5 Å². The zero-order valence-electron chi connectivity index (χ0n) is 18.9. The number of nitrogens with one attached hydrogen (secondary N) is 2. The molecule has 2 aromatic rings. The van der Waals surface area contributed by atoms with Gasteiger partial charge in [-0.05, 0) is 41.0 Å². The third-order valence-electron chi connectivity index (χ3n) is 6.15. The highest BCUT2D eigenvalue weighted by molar-refractivity contribution is 5.79. The molecule has 2 amide bonds. The summed E-state index contributed by atoms with van der Waals surface area (Å²) in [5.74, 6) is -1.67. The standard InChI is InChI=1S/C25H28N2O7/c1-32-14-22(24(29)30)34-27-23(28)12-21(15-10-11-15)26-25(31)33-13-20-18-8-4-2-6-16(18)17-7-3-5-9-19(17)20/h2-9,15,20-22H,10-14H2,1H3,(H,26,31)(H,27,28)(H,29,30). The number of fused-ring (bicyclic) bond motifs is 3. The minimum atomic E-state index is -1.32. The van der Waals surface area contributed by atoms with Gasteiger partial charge in [-0.2, -0.15) is 0 Å². The third kappa shape index (κ3) is 5.55. The zero-order chi connectivity index (χ0) is 24.1. The summed E-state index contributed by atoms with van der Waals surface area (Å²) in [6.07, 6.45) is -0.166. The van der Waals surface area contributed by atoms with E-state index in [9.17, 15) is 14.4 Å². The average Bonchev–Trinajstić information content (AvgIpc) is 3.63. The molecule has 1 saturated carbocycles. The second-order valence-electron chi connectivity index (χ2n) is 8.54.